The average molecular weight is 484 g/mol. The zero-order chi connectivity index (χ0) is 23.7. The van der Waals surface area contributed by atoms with Gasteiger partial charge in [-0.05, 0) is 44.4 Å². The first-order valence-electron chi connectivity index (χ1n) is 10.2. The Morgan fingerprint density at radius 1 is 1.19 bits per heavy atom. The number of benzene rings is 1. The van der Waals surface area contributed by atoms with Crippen molar-refractivity contribution in [1.29, 1.82) is 0 Å². The minimum Gasteiger partial charge on any atom is -0.349 e. The Morgan fingerprint density at radius 2 is 1.84 bits per heavy atom. The van der Waals surface area contributed by atoms with E-state index in [4.69, 9.17) is 0 Å². The Balaban J connectivity index is 1.59. The van der Waals surface area contributed by atoms with E-state index in [1.807, 2.05) is 13.0 Å². The summed E-state index contributed by atoms with van der Waals surface area (Å²) in [5, 5.41) is 2.98. The van der Waals surface area contributed by atoms with Gasteiger partial charge in [0, 0.05) is 37.9 Å². The minimum absolute atomic E-state index is 0.0246. The first-order chi connectivity index (χ1) is 14.9. The molecule has 1 aromatic carbocycles. The zero-order valence-corrected chi connectivity index (χ0v) is 20.2. The number of imidazole rings is 1. The maximum Gasteiger partial charge on any atom is 0.262 e. The van der Waals surface area contributed by atoms with Gasteiger partial charge >= 0.3 is 0 Å². The van der Waals surface area contributed by atoms with E-state index in [2.05, 4.69) is 15.0 Å². The van der Waals surface area contributed by atoms with Gasteiger partial charge in [-0.3, -0.25) is 9.52 Å². The molecule has 0 aliphatic carbocycles. The predicted octanol–water partition coefficient (Wildman–Crippen LogP) is 1.38. The van der Waals surface area contributed by atoms with Gasteiger partial charge in [0.05, 0.1) is 12.3 Å². The van der Waals surface area contributed by atoms with Crippen LogP contribution >= 0.6 is 0 Å². The fraction of sp³-hybridized carbons (Fsp3) is 0.500. The molecule has 1 saturated heterocycles. The van der Waals surface area contributed by atoms with Gasteiger partial charge in [0.2, 0.25) is 15.9 Å². The summed E-state index contributed by atoms with van der Waals surface area (Å²) in [4.78, 5) is 16.9. The quantitative estimate of drug-likeness (QED) is 0.612. The van der Waals surface area contributed by atoms with Crippen molar-refractivity contribution in [1.82, 2.24) is 19.2 Å². The third-order valence-electron chi connectivity index (χ3n) is 5.56. The summed E-state index contributed by atoms with van der Waals surface area (Å²) in [6.07, 6.45) is 3.41. The lowest BCUT2D eigenvalue weighted by Gasteiger charge is -2.30. The fourth-order valence-corrected chi connectivity index (χ4v) is 5.69. The molecule has 1 aromatic heterocycles. The van der Waals surface area contributed by atoms with Gasteiger partial charge in [-0.1, -0.05) is 12.1 Å². The highest BCUT2D eigenvalue weighted by Crippen LogP contribution is 2.25. The summed E-state index contributed by atoms with van der Waals surface area (Å²) in [7, 11) is -5.34. The first kappa shape index (κ1) is 24.2. The highest BCUT2D eigenvalue weighted by Gasteiger charge is 2.33. The number of carbonyl (C=O) groups is 1. The Hall–Kier alpha value is -2.44. The van der Waals surface area contributed by atoms with Crippen LogP contribution in [-0.2, 0) is 31.9 Å². The van der Waals surface area contributed by atoms with Crippen LogP contribution in [0.5, 0.6) is 0 Å². The zero-order valence-electron chi connectivity index (χ0n) is 18.6. The van der Waals surface area contributed by atoms with Crippen LogP contribution in [0.2, 0.25) is 0 Å². The van der Waals surface area contributed by atoms with Gasteiger partial charge in [-0.25, -0.2) is 21.8 Å². The normalized spacial score (nSPS) is 17.1. The number of aromatic nitrogens is 2. The summed E-state index contributed by atoms with van der Waals surface area (Å²) < 4.78 is 54.0. The molecule has 2 aromatic rings. The average Bonchev–Trinajstić information content (AvgIpc) is 3.06. The number of sulfonamides is 2. The van der Waals surface area contributed by atoms with Crippen molar-refractivity contribution in [3.63, 3.8) is 0 Å². The van der Waals surface area contributed by atoms with Crippen molar-refractivity contribution >= 4 is 31.6 Å². The molecule has 0 spiro atoms. The molecular formula is C20H29N5O5S2. The van der Waals surface area contributed by atoms with E-state index in [1.54, 1.807) is 36.7 Å². The third-order valence-corrected chi connectivity index (χ3v) is 7.94. The topological polar surface area (TPSA) is 130 Å². The molecule has 2 heterocycles. The van der Waals surface area contributed by atoms with E-state index >= 15 is 0 Å². The van der Waals surface area contributed by atoms with Crippen LogP contribution in [0.15, 0.2) is 35.5 Å². The summed E-state index contributed by atoms with van der Waals surface area (Å²) in [5.41, 5.74) is 1.19. The second-order valence-corrected chi connectivity index (χ2v) is 11.8. The molecule has 1 amide bonds. The van der Waals surface area contributed by atoms with Crippen LogP contribution in [0.25, 0.3) is 0 Å². The molecule has 32 heavy (non-hydrogen) atoms. The number of hydrogen-bond acceptors (Lipinski definition) is 6. The van der Waals surface area contributed by atoms with E-state index in [9.17, 15) is 21.6 Å². The third kappa shape index (κ3) is 5.67. The number of nitrogens with zero attached hydrogens (tertiary/aromatic N) is 3. The van der Waals surface area contributed by atoms with Crippen LogP contribution in [-0.4, -0.2) is 55.9 Å². The van der Waals surface area contributed by atoms with Crippen molar-refractivity contribution in [3.05, 3.63) is 41.9 Å². The maximum absolute atomic E-state index is 12.8. The Morgan fingerprint density at radius 3 is 2.41 bits per heavy atom. The number of carbonyl (C=O) groups excluding carboxylic acids is 1. The molecule has 12 heteroatoms. The molecule has 1 fully saturated rings. The predicted molar refractivity (Wildman–Crippen MR) is 121 cm³/mol. The lowest BCUT2D eigenvalue weighted by Crippen LogP contribution is -2.43. The van der Waals surface area contributed by atoms with Gasteiger partial charge in [0.25, 0.3) is 10.0 Å². The van der Waals surface area contributed by atoms with E-state index in [1.165, 1.54) is 10.5 Å². The summed E-state index contributed by atoms with van der Waals surface area (Å²) in [5.74, 6) is 0.166. The number of aryl methyl sites for hydroxylation is 2. The molecule has 2 N–H and O–H groups in total. The summed E-state index contributed by atoms with van der Waals surface area (Å²) in [6, 6.07) is 6.51. The van der Waals surface area contributed by atoms with Gasteiger partial charge in [-0.2, -0.15) is 4.31 Å². The van der Waals surface area contributed by atoms with Crippen molar-refractivity contribution in [2.45, 2.75) is 37.8 Å². The molecule has 176 valence electrons. The number of hydrogen-bond donors (Lipinski definition) is 2. The second-order valence-electron chi connectivity index (χ2n) is 8.15. The number of rotatable bonds is 7. The Kier molecular flexibility index (Phi) is 6.96. The van der Waals surface area contributed by atoms with E-state index < -0.39 is 20.0 Å². The van der Waals surface area contributed by atoms with E-state index in [0.29, 0.717) is 24.4 Å². The van der Waals surface area contributed by atoms with Crippen LogP contribution < -0.4 is 10.0 Å². The van der Waals surface area contributed by atoms with Gasteiger partial charge in [-0.15, -0.1) is 0 Å². The molecule has 1 atom stereocenters. The maximum atomic E-state index is 12.8. The smallest absolute Gasteiger partial charge is 0.262 e. The van der Waals surface area contributed by atoms with Gasteiger partial charge in [0.15, 0.2) is 5.03 Å². The van der Waals surface area contributed by atoms with Crippen LogP contribution in [0, 0.1) is 12.8 Å². The lowest BCUT2D eigenvalue weighted by atomic mass is 9.96. The molecule has 1 aliphatic rings. The van der Waals surface area contributed by atoms with E-state index in [-0.39, 0.29) is 36.0 Å². The molecule has 0 bridgehead atoms. The van der Waals surface area contributed by atoms with Crippen molar-refractivity contribution in [2.75, 3.05) is 24.1 Å². The minimum atomic E-state index is -3.69. The summed E-state index contributed by atoms with van der Waals surface area (Å²) in [6.45, 7) is 4.06. The van der Waals surface area contributed by atoms with Gasteiger partial charge in [0.1, 0.15) is 5.82 Å². The Bertz CT molecular complexity index is 1180. The highest BCUT2D eigenvalue weighted by atomic mass is 32.2. The standard InChI is InChI=1S/C20H29N5O5S2/c1-14(17-6-5-7-18(12-17)23-31(4,27)28)21-20(26)16-8-10-25(11-9-16)32(29,30)19-13-24(3)15(2)22-19/h5-7,12-14,16,23H,8-11H2,1-4H3,(H,21,26). The molecule has 3 rings (SSSR count). The molecular weight excluding hydrogens is 454 g/mol. The SMILES string of the molecule is Cc1nc(S(=O)(=O)N2CCC(C(=O)NC(C)c3cccc(NS(C)(=O)=O)c3)CC2)cn1C. The van der Waals surface area contributed by atoms with Crippen molar-refractivity contribution < 1.29 is 21.6 Å². The summed E-state index contributed by atoms with van der Waals surface area (Å²) >= 11 is 0. The molecule has 10 nitrogen and oxygen atoms in total. The van der Waals surface area contributed by atoms with Gasteiger partial charge < -0.3 is 9.88 Å². The first-order valence-corrected chi connectivity index (χ1v) is 13.6. The van der Waals surface area contributed by atoms with Crippen LogP contribution in [0.3, 0.4) is 0 Å². The monoisotopic (exact) mass is 483 g/mol. The number of nitrogens with one attached hydrogen (secondary N) is 2. The lowest BCUT2D eigenvalue weighted by molar-refractivity contribution is -0.126. The van der Waals surface area contributed by atoms with Crippen molar-refractivity contribution in [3.8, 4) is 0 Å². The number of piperidine rings is 1. The molecule has 1 unspecified atom stereocenters. The largest absolute Gasteiger partial charge is 0.349 e. The number of amides is 1. The Labute approximate surface area is 189 Å². The fourth-order valence-electron chi connectivity index (χ4n) is 3.64. The van der Waals surface area contributed by atoms with Crippen LogP contribution in [0.1, 0.15) is 37.2 Å². The molecule has 0 saturated carbocycles. The van der Waals surface area contributed by atoms with Crippen molar-refractivity contribution in [2.24, 2.45) is 13.0 Å². The van der Waals surface area contributed by atoms with E-state index in [0.717, 1.165) is 11.8 Å². The van der Waals surface area contributed by atoms with Crippen LogP contribution in [0.4, 0.5) is 5.69 Å². The number of anilines is 1. The second kappa shape index (κ2) is 9.20. The highest BCUT2D eigenvalue weighted by molar-refractivity contribution is 7.92. The molecule has 0 radical (unpaired) electrons. The molecule has 1 aliphatic heterocycles.